The van der Waals surface area contributed by atoms with Gasteiger partial charge in [0.05, 0.1) is 17.6 Å². The highest BCUT2D eigenvalue weighted by Gasteiger charge is 2.32. The van der Waals surface area contributed by atoms with Crippen molar-refractivity contribution in [2.45, 2.75) is 18.7 Å². The highest BCUT2D eigenvalue weighted by atomic mass is 32.2. The van der Waals surface area contributed by atoms with E-state index < -0.39 is 31.5 Å². The van der Waals surface area contributed by atoms with E-state index in [0.29, 0.717) is 0 Å². The van der Waals surface area contributed by atoms with E-state index in [-0.39, 0.29) is 23.3 Å². The Morgan fingerprint density at radius 1 is 1.16 bits per heavy atom. The number of amides is 1. The third kappa shape index (κ3) is 3.71. The predicted molar refractivity (Wildman–Crippen MR) is 85.5 cm³/mol. The number of anilines is 1. The fraction of sp³-hybridized carbons (Fsp3) is 0.214. The second-order valence-corrected chi connectivity index (χ2v) is 6.65. The van der Waals surface area contributed by atoms with Gasteiger partial charge in [-0.25, -0.2) is 13.2 Å². The minimum Gasteiger partial charge on any atom is -0.478 e. The Morgan fingerprint density at radius 3 is 2.44 bits per heavy atom. The van der Waals surface area contributed by atoms with E-state index in [0.717, 1.165) is 6.07 Å². The average Bonchev–Trinajstić information content (AvgIpc) is 2.53. The zero-order valence-corrected chi connectivity index (χ0v) is 14.3. The number of hydrogen-bond donors (Lipinski definition) is 2. The predicted octanol–water partition coefficient (Wildman–Crippen LogP) is 1.20. The largest absolute Gasteiger partial charge is 0.478 e. The number of nitrogens with zero attached hydrogens (tertiary/aromatic N) is 3. The Balaban J connectivity index is 2.46. The lowest BCUT2D eigenvalue weighted by Crippen LogP contribution is -2.25. The Bertz CT molecular complexity index is 958. The summed E-state index contributed by atoms with van der Waals surface area (Å²) in [4.78, 5) is 34.3. The van der Waals surface area contributed by atoms with Gasteiger partial charge in [0.2, 0.25) is 5.95 Å². The summed E-state index contributed by atoms with van der Waals surface area (Å²) in [6.45, 7) is 2.89. The molecule has 2 N–H and O–H groups in total. The van der Waals surface area contributed by atoms with Crippen LogP contribution in [0.25, 0.3) is 0 Å². The van der Waals surface area contributed by atoms with E-state index in [9.17, 15) is 23.1 Å². The number of carboxylic acids is 1. The monoisotopic (exact) mass is 366 g/mol. The molecule has 1 aromatic carbocycles. The lowest BCUT2D eigenvalue weighted by molar-refractivity contribution is 0.0692. The normalized spacial score (nSPS) is 11.0. The lowest BCUT2D eigenvalue weighted by atomic mass is 10.1. The van der Waals surface area contributed by atoms with Crippen LogP contribution in [0.15, 0.2) is 23.1 Å². The SMILES string of the molecule is COc1nc(C)nc(NC(=O)S(=O)(=O)c2c(C)cccc2C(=O)O)n1. The molecule has 0 aliphatic carbocycles. The fourth-order valence-corrected chi connectivity index (χ4v) is 3.38. The van der Waals surface area contributed by atoms with E-state index in [1.807, 2.05) is 5.32 Å². The third-order valence-corrected chi connectivity index (χ3v) is 4.75. The highest BCUT2D eigenvalue weighted by Crippen LogP contribution is 2.23. The molecule has 0 bridgehead atoms. The van der Waals surface area contributed by atoms with E-state index in [1.54, 1.807) is 0 Å². The number of hydrogen-bond acceptors (Lipinski definition) is 8. The Morgan fingerprint density at radius 2 is 1.84 bits per heavy atom. The topological polar surface area (TPSA) is 148 Å². The van der Waals surface area contributed by atoms with E-state index in [1.165, 1.54) is 33.1 Å². The Kier molecular flexibility index (Phi) is 4.97. The van der Waals surface area contributed by atoms with Crippen molar-refractivity contribution in [3.63, 3.8) is 0 Å². The van der Waals surface area contributed by atoms with Crippen molar-refractivity contribution in [2.75, 3.05) is 12.4 Å². The zero-order chi connectivity index (χ0) is 18.8. The summed E-state index contributed by atoms with van der Waals surface area (Å²) >= 11 is 0. The summed E-state index contributed by atoms with van der Waals surface area (Å²) in [5.41, 5.74) is -0.376. The minimum atomic E-state index is -4.65. The quantitative estimate of drug-likeness (QED) is 0.814. The molecule has 0 saturated carbocycles. The molecule has 0 aliphatic heterocycles. The van der Waals surface area contributed by atoms with Crippen molar-refractivity contribution in [1.29, 1.82) is 0 Å². The van der Waals surface area contributed by atoms with Crippen LogP contribution in [-0.4, -0.2) is 46.8 Å². The van der Waals surface area contributed by atoms with Crippen LogP contribution >= 0.6 is 0 Å². The Hall–Kier alpha value is -3.08. The molecule has 11 heteroatoms. The van der Waals surface area contributed by atoms with Gasteiger partial charge in [-0.2, -0.15) is 15.0 Å². The first-order valence-corrected chi connectivity index (χ1v) is 8.30. The first-order valence-electron chi connectivity index (χ1n) is 6.82. The number of carbonyl (C=O) groups is 2. The van der Waals surface area contributed by atoms with E-state index >= 15 is 0 Å². The molecular weight excluding hydrogens is 352 g/mol. The molecule has 25 heavy (non-hydrogen) atoms. The van der Waals surface area contributed by atoms with Crippen molar-refractivity contribution in [2.24, 2.45) is 0 Å². The van der Waals surface area contributed by atoms with Crippen LogP contribution in [0.4, 0.5) is 10.7 Å². The molecule has 0 unspecified atom stereocenters. The van der Waals surface area contributed by atoms with Gasteiger partial charge >= 0.3 is 17.2 Å². The number of aromatic carboxylic acids is 1. The molecule has 2 rings (SSSR count). The molecule has 1 heterocycles. The van der Waals surface area contributed by atoms with Gasteiger partial charge in [0.15, 0.2) is 0 Å². The average molecular weight is 366 g/mol. The summed E-state index contributed by atoms with van der Waals surface area (Å²) in [6.07, 6.45) is 0. The second-order valence-electron chi connectivity index (χ2n) is 4.87. The molecule has 0 radical (unpaired) electrons. The van der Waals surface area contributed by atoms with Gasteiger partial charge in [-0.1, -0.05) is 12.1 Å². The molecule has 0 atom stereocenters. The van der Waals surface area contributed by atoms with Crippen molar-refractivity contribution in [1.82, 2.24) is 15.0 Å². The zero-order valence-electron chi connectivity index (χ0n) is 13.5. The van der Waals surface area contributed by atoms with Gasteiger partial charge in [-0.05, 0) is 25.5 Å². The molecule has 0 saturated heterocycles. The number of rotatable bonds is 4. The minimum absolute atomic E-state index is 0.109. The van der Waals surface area contributed by atoms with Crippen LogP contribution in [-0.2, 0) is 9.84 Å². The van der Waals surface area contributed by atoms with Crippen molar-refractivity contribution in [3.8, 4) is 6.01 Å². The first-order chi connectivity index (χ1) is 11.7. The number of methoxy groups -OCH3 is 1. The smallest absolute Gasteiger partial charge is 0.348 e. The van der Waals surface area contributed by atoms with Gasteiger partial charge in [0.25, 0.3) is 9.84 Å². The first kappa shape index (κ1) is 18.3. The van der Waals surface area contributed by atoms with Crippen LogP contribution in [0.3, 0.4) is 0 Å². The van der Waals surface area contributed by atoms with Crippen molar-refractivity contribution in [3.05, 3.63) is 35.2 Å². The van der Waals surface area contributed by atoms with Crippen LogP contribution in [0.1, 0.15) is 21.7 Å². The number of ether oxygens (including phenoxy) is 1. The van der Waals surface area contributed by atoms with Crippen LogP contribution in [0, 0.1) is 13.8 Å². The summed E-state index contributed by atoms with van der Waals surface area (Å²) in [6, 6.07) is 3.77. The third-order valence-electron chi connectivity index (χ3n) is 3.08. The molecule has 10 nitrogen and oxygen atoms in total. The maximum absolute atomic E-state index is 12.5. The standard InChI is InChI=1S/C14H14N4O6S/c1-7-5-4-6-9(11(19)20)10(7)25(22,23)14(21)18-12-15-8(2)16-13(17-12)24-3/h4-6H,1-3H3,(H,19,20)(H,15,16,17,18,21). The number of carbonyl (C=O) groups excluding carboxylic acids is 1. The number of carboxylic acid groups (broad SMARTS) is 1. The molecule has 0 aliphatic rings. The maximum Gasteiger partial charge on any atom is 0.348 e. The van der Waals surface area contributed by atoms with Gasteiger partial charge in [-0.15, -0.1) is 0 Å². The number of nitrogens with one attached hydrogen (secondary N) is 1. The van der Waals surface area contributed by atoms with Crippen LogP contribution < -0.4 is 10.1 Å². The summed E-state index contributed by atoms with van der Waals surface area (Å²) in [7, 11) is -3.35. The lowest BCUT2D eigenvalue weighted by Gasteiger charge is -2.10. The molecule has 1 aromatic heterocycles. The van der Waals surface area contributed by atoms with Crippen molar-refractivity contribution >= 4 is 27.0 Å². The van der Waals surface area contributed by atoms with Crippen LogP contribution in [0.2, 0.25) is 0 Å². The van der Waals surface area contributed by atoms with Gasteiger partial charge in [0.1, 0.15) is 5.82 Å². The molecule has 1 amide bonds. The molecule has 2 aromatic rings. The van der Waals surface area contributed by atoms with Gasteiger partial charge in [0, 0.05) is 0 Å². The van der Waals surface area contributed by atoms with Crippen molar-refractivity contribution < 1.29 is 27.9 Å². The van der Waals surface area contributed by atoms with E-state index in [4.69, 9.17) is 4.74 Å². The molecule has 132 valence electrons. The number of sulfone groups is 1. The van der Waals surface area contributed by atoms with Gasteiger partial charge in [-0.3, -0.25) is 10.1 Å². The number of benzene rings is 1. The summed E-state index contributed by atoms with van der Waals surface area (Å²) in [5.74, 6) is -1.60. The maximum atomic E-state index is 12.5. The summed E-state index contributed by atoms with van der Waals surface area (Å²) < 4.78 is 29.9. The Labute approximate surface area is 142 Å². The van der Waals surface area contributed by atoms with Crippen LogP contribution in [0.5, 0.6) is 6.01 Å². The number of aromatic nitrogens is 3. The number of aryl methyl sites for hydroxylation is 2. The van der Waals surface area contributed by atoms with Gasteiger partial charge < -0.3 is 9.84 Å². The molecular formula is C14H14N4O6S. The highest BCUT2D eigenvalue weighted by molar-refractivity contribution is 8.06. The van der Waals surface area contributed by atoms with E-state index in [2.05, 4.69) is 15.0 Å². The molecule has 0 spiro atoms. The molecule has 0 fully saturated rings. The summed E-state index contributed by atoms with van der Waals surface area (Å²) in [5, 5.41) is 9.75. The second kappa shape index (κ2) is 6.81. The fourth-order valence-electron chi connectivity index (χ4n) is 2.03.